The summed E-state index contributed by atoms with van der Waals surface area (Å²) in [5.41, 5.74) is 1.30. The average molecular weight is 347 g/mol. The van der Waals surface area contributed by atoms with Crippen LogP contribution in [0.4, 0.5) is 0 Å². The fraction of sp³-hybridized carbons (Fsp3) is 0.579. The zero-order valence-corrected chi connectivity index (χ0v) is 14.5. The van der Waals surface area contributed by atoms with Crippen LogP contribution < -0.4 is 5.32 Å². The molecule has 0 aromatic heterocycles. The minimum atomic E-state index is -0.265. The lowest BCUT2D eigenvalue weighted by molar-refractivity contribution is -0.139. The van der Waals surface area contributed by atoms with Gasteiger partial charge < -0.3 is 10.2 Å². The molecular formula is C19H23ClN2O2. The molecule has 1 aromatic rings. The highest BCUT2D eigenvalue weighted by atomic mass is 35.5. The molecule has 1 aliphatic heterocycles. The largest absolute Gasteiger partial charge is 0.353 e. The van der Waals surface area contributed by atoms with Crippen molar-refractivity contribution in [1.29, 1.82) is 0 Å². The molecule has 2 aliphatic carbocycles. The lowest BCUT2D eigenvalue weighted by atomic mass is 9.96. The summed E-state index contributed by atoms with van der Waals surface area (Å²) in [6.45, 7) is 1.38. The molecule has 3 fully saturated rings. The van der Waals surface area contributed by atoms with Crippen LogP contribution in [0.2, 0.25) is 5.02 Å². The van der Waals surface area contributed by atoms with Gasteiger partial charge in [-0.15, -0.1) is 0 Å². The Labute approximate surface area is 147 Å². The summed E-state index contributed by atoms with van der Waals surface area (Å²) in [5.74, 6) is 0.385. The van der Waals surface area contributed by atoms with Gasteiger partial charge >= 0.3 is 0 Å². The van der Waals surface area contributed by atoms with E-state index in [1.54, 1.807) is 0 Å². The molecular weight excluding hydrogens is 324 g/mol. The fourth-order valence-electron chi connectivity index (χ4n) is 3.76. The van der Waals surface area contributed by atoms with Crippen LogP contribution in [0.1, 0.15) is 44.1 Å². The van der Waals surface area contributed by atoms with Gasteiger partial charge in [-0.05, 0) is 56.2 Å². The Hall–Kier alpha value is -1.55. The van der Waals surface area contributed by atoms with Gasteiger partial charge in [0.1, 0.15) is 6.04 Å². The molecule has 5 heteroatoms. The molecule has 4 rings (SSSR count). The third-order valence-corrected chi connectivity index (χ3v) is 5.93. The lowest BCUT2D eigenvalue weighted by Crippen LogP contribution is -2.48. The number of rotatable bonds is 5. The Bertz CT molecular complexity index is 650. The summed E-state index contributed by atoms with van der Waals surface area (Å²) in [6.07, 6.45) is 5.87. The van der Waals surface area contributed by atoms with E-state index in [1.807, 2.05) is 17.0 Å². The van der Waals surface area contributed by atoms with Crippen molar-refractivity contribution in [2.24, 2.45) is 5.92 Å². The van der Waals surface area contributed by atoms with Crippen molar-refractivity contribution in [3.63, 3.8) is 0 Å². The number of hydrogen-bond donors (Lipinski definition) is 1. The van der Waals surface area contributed by atoms with Crippen molar-refractivity contribution in [2.45, 2.75) is 50.0 Å². The van der Waals surface area contributed by atoms with Crippen molar-refractivity contribution in [3.05, 3.63) is 34.9 Å². The van der Waals surface area contributed by atoms with Crippen LogP contribution in [-0.4, -0.2) is 35.8 Å². The highest BCUT2D eigenvalue weighted by Gasteiger charge is 2.46. The summed E-state index contributed by atoms with van der Waals surface area (Å²) in [6, 6.07) is 7.66. The van der Waals surface area contributed by atoms with Gasteiger partial charge in [0.25, 0.3) is 0 Å². The van der Waals surface area contributed by atoms with E-state index >= 15 is 0 Å². The van der Waals surface area contributed by atoms with Crippen molar-refractivity contribution < 1.29 is 9.59 Å². The van der Waals surface area contributed by atoms with Gasteiger partial charge in [-0.2, -0.15) is 0 Å². The standard InChI is InChI=1S/C19H23ClN2O2/c20-15-7-5-14(6-8-15)19(9-10-19)12-21-17(23)16-2-1-11-22(16)18(24)13-3-4-13/h5-8,13,16H,1-4,9-12H2,(H,21,23)/t16-/m1/s1. The van der Waals surface area contributed by atoms with Crippen molar-refractivity contribution in [2.75, 3.05) is 13.1 Å². The highest BCUT2D eigenvalue weighted by molar-refractivity contribution is 6.30. The van der Waals surface area contributed by atoms with E-state index in [9.17, 15) is 9.59 Å². The summed E-state index contributed by atoms with van der Waals surface area (Å²) < 4.78 is 0. The third kappa shape index (κ3) is 3.04. The topological polar surface area (TPSA) is 49.4 Å². The van der Waals surface area contributed by atoms with E-state index in [-0.39, 0.29) is 29.2 Å². The fourth-order valence-corrected chi connectivity index (χ4v) is 3.89. The Morgan fingerprint density at radius 2 is 1.88 bits per heavy atom. The van der Waals surface area contributed by atoms with E-state index in [1.165, 1.54) is 5.56 Å². The summed E-state index contributed by atoms with van der Waals surface area (Å²) >= 11 is 5.96. The number of carbonyl (C=O) groups excluding carboxylic acids is 2. The number of carbonyl (C=O) groups is 2. The molecule has 0 bridgehead atoms. The van der Waals surface area contributed by atoms with Gasteiger partial charge in [-0.3, -0.25) is 9.59 Å². The first kappa shape index (κ1) is 15.9. The van der Waals surface area contributed by atoms with Gasteiger partial charge in [0.15, 0.2) is 0 Å². The average Bonchev–Trinajstić information content (AvgIpc) is 3.51. The number of hydrogen-bond acceptors (Lipinski definition) is 2. The van der Waals surface area contributed by atoms with Crippen LogP contribution in [-0.2, 0) is 15.0 Å². The normalized spacial score (nSPS) is 24.7. The van der Waals surface area contributed by atoms with Crippen molar-refractivity contribution >= 4 is 23.4 Å². The molecule has 4 nitrogen and oxygen atoms in total. The molecule has 1 N–H and O–H groups in total. The highest BCUT2D eigenvalue weighted by Crippen LogP contribution is 2.47. The molecule has 2 saturated carbocycles. The van der Waals surface area contributed by atoms with Gasteiger partial charge in [0.05, 0.1) is 0 Å². The van der Waals surface area contributed by atoms with Gasteiger partial charge in [0, 0.05) is 29.4 Å². The second-order valence-corrected chi connectivity index (χ2v) is 7.91. The molecule has 0 spiro atoms. The molecule has 24 heavy (non-hydrogen) atoms. The minimum absolute atomic E-state index is 0.0155. The predicted molar refractivity (Wildman–Crippen MR) is 92.8 cm³/mol. The molecule has 0 radical (unpaired) electrons. The van der Waals surface area contributed by atoms with Crippen LogP contribution in [0, 0.1) is 5.92 Å². The van der Waals surface area contributed by atoms with E-state index in [0.29, 0.717) is 6.54 Å². The maximum Gasteiger partial charge on any atom is 0.242 e. The minimum Gasteiger partial charge on any atom is -0.353 e. The monoisotopic (exact) mass is 346 g/mol. The van der Waals surface area contributed by atoms with E-state index in [0.717, 1.165) is 50.1 Å². The number of nitrogens with zero attached hydrogens (tertiary/aromatic N) is 1. The molecule has 1 aromatic carbocycles. The lowest BCUT2D eigenvalue weighted by Gasteiger charge is -2.25. The number of nitrogens with one attached hydrogen (secondary N) is 1. The van der Waals surface area contributed by atoms with Crippen LogP contribution in [0.15, 0.2) is 24.3 Å². The molecule has 128 valence electrons. The summed E-state index contributed by atoms with van der Waals surface area (Å²) in [7, 11) is 0. The molecule has 1 heterocycles. The van der Waals surface area contributed by atoms with Crippen LogP contribution in [0.3, 0.4) is 0 Å². The predicted octanol–water partition coefficient (Wildman–Crippen LogP) is 2.89. The van der Waals surface area contributed by atoms with Crippen LogP contribution >= 0.6 is 11.6 Å². The van der Waals surface area contributed by atoms with E-state index < -0.39 is 0 Å². The third-order valence-electron chi connectivity index (χ3n) is 5.68. The number of benzene rings is 1. The maximum atomic E-state index is 12.6. The smallest absolute Gasteiger partial charge is 0.242 e. The zero-order chi connectivity index (χ0) is 16.7. The van der Waals surface area contributed by atoms with Crippen LogP contribution in [0.25, 0.3) is 0 Å². The Morgan fingerprint density at radius 3 is 2.50 bits per heavy atom. The molecule has 1 saturated heterocycles. The quantitative estimate of drug-likeness (QED) is 0.891. The van der Waals surface area contributed by atoms with Crippen LogP contribution in [0.5, 0.6) is 0 Å². The first-order valence-electron chi connectivity index (χ1n) is 8.93. The van der Waals surface area contributed by atoms with Gasteiger partial charge in [-0.25, -0.2) is 0 Å². The Balaban J connectivity index is 1.37. The maximum absolute atomic E-state index is 12.6. The SMILES string of the molecule is O=C(NCC1(c2ccc(Cl)cc2)CC1)[C@H]1CCCN1C(=O)C1CC1. The van der Waals surface area contributed by atoms with E-state index in [2.05, 4.69) is 17.4 Å². The molecule has 3 aliphatic rings. The Morgan fingerprint density at radius 1 is 1.17 bits per heavy atom. The number of amides is 2. The summed E-state index contributed by atoms with van der Waals surface area (Å²) in [5, 5.41) is 3.85. The summed E-state index contributed by atoms with van der Waals surface area (Å²) in [4.78, 5) is 26.8. The Kier molecular flexibility index (Phi) is 4.03. The van der Waals surface area contributed by atoms with E-state index in [4.69, 9.17) is 11.6 Å². The molecule has 2 amide bonds. The number of likely N-dealkylation sites (tertiary alicyclic amines) is 1. The molecule has 0 unspecified atom stereocenters. The molecule has 1 atom stereocenters. The van der Waals surface area contributed by atoms with Gasteiger partial charge in [-0.1, -0.05) is 23.7 Å². The van der Waals surface area contributed by atoms with Crippen molar-refractivity contribution in [1.82, 2.24) is 10.2 Å². The van der Waals surface area contributed by atoms with Gasteiger partial charge in [0.2, 0.25) is 11.8 Å². The zero-order valence-electron chi connectivity index (χ0n) is 13.8. The first-order valence-corrected chi connectivity index (χ1v) is 9.31. The second kappa shape index (κ2) is 6.07. The first-order chi connectivity index (χ1) is 11.6. The number of halogens is 1. The second-order valence-electron chi connectivity index (χ2n) is 7.47. The van der Waals surface area contributed by atoms with Crippen molar-refractivity contribution in [3.8, 4) is 0 Å².